The molecule has 1 aliphatic rings. The van der Waals surface area contributed by atoms with Crippen LogP contribution in [0.15, 0.2) is 53.5 Å². The topological polar surface area (TPSA) is 60.7 Å². The summed E-state index contributed by atoms with van der Waals surface area (Å²) in [6.07, 6.45) is 5.29. The lowest BCUT2D eigenvalue weighted by Gasteiger charge is -2.28. The fourth-order valence-electron chi connectivity index (χ4n) is 4.48. The van der Waals surface area contributed by atoms with E-state index in [1.807, 2.05) is 19.1 Å². The van der Waals surface area contributed by atoms with Crippen LogP contribution in [0.3, 0.4) is 0 Å². The molecule has 0 aliphatic heterocycles. The van der Waals surface area contributed by atoms with Gasteiger partial charge in [-0.2, -0.15) is 0 Å². The number of aryl methyl sites for hydroxylation is 1. The van der Waals surface area contributed by atoms with E-state index in [4.69, 9.17) is 4.74 Å². The monoisotopic (exact) mass is 418 g/mol. The average Bonchev–Trinajstić information content (AvgIpc) is 3.22. The number of fused-ring (bicyclic) bond motifs is 1. The summed E-state index contributed by atoms with van der Waals surface area (Å²) < 4.78 is 7.25. The van der Waals surface area contributed by atoms with Crippen molar-refractivity contribution in [2.24, 2.45) is 0 Å². The van der Waals surface area contributed by atoms with Crippen LogP contribution in [0.4, 0.5) is 0 Å². The van der Waals surface area contributed by atoms with Crippen molar-refractivity contribution in [3.63, 3.8) is 0 Å². The van der Waals surface area contributed by atoms with Gasteiger partial charge < -0.3 is 4.74 Å². The number of hydrogen-bond acceptors (Lipinski definition) is 4. The van der Waals surface area contributed by atoms with Gasteiger partial charge in [-0.05, 0) is 54.0 Å². The van der Waals surface area contributed by atoms with Crippen molar-refractivity contribution < 1.29 is 9.53 Å². The summed E-state index contributed by atoms with van der Waals surface area (Å²) in [4.78, 5) is 30.2. The number of ether oxygens (including phenoxy) is 1. The molecule has 0 bridgehead atoms. The smallest absolute Gasteiger partial charge is 0.316 e. The Morgan fingerprint density at radius 2 is 1.77 bits per heavy atom. The third-order valence-corrected chi connectivity index (χ3v) is 6.38. The predicted octanol–water partition coefficient (Wildman–Crippen LogP) is 4.86. The normalized spacial score (nSPS) is 15.9. The molecule has 2 aromatic heterocycles. The van der Waals surface area contributed by atoms with Gasteiger partial charge in [0, 0.05) is 12.3 Å². The van der Waals surface area contributed by atoms with Crippen molar-refractivity contribution in [3.8, 4) is 0 Å². The molecule has 0 radical (unpaired) electrons. The third kappa shape index (κ3) is 4.14. The molecule has 0 N–H and O–H groups in total. The molecule has 1 aliphatic carbocycles. The summed E-state index contributed by atoms with van der Waals surface area (Å²) in [6.45, 7) is 8.50. The predicted molar refractivity (Wildman–Crippen MR) is 121 cm³/mol. The van der Waals surface area contributed by atoms with Crippen LogP contribution in [0.25, 0.3) is 5.65 Å². The minimum atomic E-state index is -0.612. The Labute approximate surface area is 183 Å². The Morgan fingerprint density at radius 1 is 1.10 bits per heavy atom. The molecule has 4 rings (SSSR count). The van der Waals surface area contributed by atoms with Gasteiger partial charge in [-0.25, -0.2) is 4.98 Å². The number of nitrogens with zero attached hydrogens (tertiary/aromatic N) is 2. The first kappa shape index (κ1) is 21.3. The van der Waals surface area contributed by atoms with Gasteiger partial charge in [0.15, 0.2) is 0 Å². The Hall–Kier alpha value is -2.95. The van der Waals surface area contributed by atoms with Gasteiger partial charge in [0.2, 0.25) is 0 Å². The minimum Gasteiger partial charge on any atom is -0.458 e. The highest BCUT2D eigenvalue weighted by molar-refractivity contribution is 5.83. The average molecular weight is 419 g/mol. The molecular formula is C26H30N2O3. The molecule has 0 unspecified atom stereocenters. The number of benzene rings is 1. The lowest BCUT2D eigenvalue weighted by Crippen LogP contribution is -2.35. The first-order chi connectivity index (χ1) is 14.7. The lowest BCUT2D eigenvalue weighted by atomic mass is 9.77. The van der Waals surface area contributed by atoms with Crippen LogP contribution >= 0.6 is 0 Å². The van der Waals surface area contributed by atoms with Crippen LogP contribution in [0, 0.1) is 6.92 Å². The zero-order valence-corrected chi connectivity index (χ0v) is 18.8. The number of rotatable bonds is 4. The van der Waals surface area contributed by atoms with Crippen LogP contribution in [-0.2, 0) is 27.0 Å². The highest BCUT2D eigenvalue weighted by Gasteiger charge is 2.44. The molecule has 5 nitrogen and oxygen atoms in total. The maximum absolute atomic E-state index is 13.3. The highest BCUT2D eigenvalue weighted by Crippen LogP contribution is 2.42. The minimum absolute atomic E-state index is 0.000337. The fourth-order valence-corrected chi connectivity index (χ4v) is 4.48. The highest BCUT2D eigenvalue weighted by atomic mass is 16.5. The molecule has 0 atom stereocenters. The zero-order valence-electron chi connectivity index (χ0n) is 18.8. The van der Waals surface area contributed by atoms with E-state index in [-0.39, 0.29) is 23.6 Å². The molecule has 0 spiro atoms. The molecule has 1 aromatic carbocycles. The SMILES string of the molecule is Cc1ccn2c(=O)cc(COC(=O)C3(c4ccc(C(C)(C)C)cc4)CCCC3)nc2c1. The van der Waals surface area contributed by atoms with E-state index in [0.29, 0.717) is 11.3 Å². The number of pyridine rings is 1. The quantitative estimate of drug-likeness (QED) is 0.568. The lowest BCUT2D eigenvalue weighted by molar-refractivity contribution is -0.152. The second kappa shape index (κ2) is 7.95. The van der Waals surface area contributed by atoms with E-state index < -0.39 is 5.41 Å². The van der Waals surface area contributed by atoms with Gasteiger partial charge in [-0.1, -0.05) is 57.9 Å². The molecule has 5 heteroatoms. The van der Waals surface area contributed by atoms with Gasteiger partial charge >= 0.3 is 5.97 Å². The molecule has 162 valence electrons. The fraction of sp³-hybridized carbons (Fsp3) is 0.423. The zero-order chi connectivity index (χ0) is 22.2. The number of carbonyl (C=O) groups excluding carboxylic acids is 1. The number of hydrogen-bond donors (Lipinski definition) is 0. The second-order valence-corrected chi connectivity index (χ2v) is 9.71. The van der Waals surface area contributed by atoms with Crippen molar-refractivity contribution >= 4 is 11.6 Å². The number of aromatic nitrogens is 2. The van der Waals surface area contributed by atoms with Gasteiger partial charge in [0.05, 0.1) is 11.1 Å². The first-order valence-corrected chi connectivity index (χ1v) is 11.0. The maximum Gasteiger partial charge on any atom is 0.316 e. The first-order valence-electron chi connectivity index (χ1n) is 11.0. The van der Waals surface area contributed by atoms with Crippen LogP contribution in [0.2, 0.25) is 0 Å². The summed E-state index contributed by atoms with van der Waals surface area (Å²) in [5, 5.41) is 0. The molecule has 1 fully saturated rings. The van der Waals surface area contributed by atoms with Crippen molar-refractivity contribution in [1.82, 2.24) is 9.38 Å². The van der Waals surface area contributed by atoms with E-state index in [9.17, 15) is 9.59 Å². The standard InChI is InChI=1S/C26H30N2O3/c1-18-11-14-28-22(15-18)27-21(16-23(28)29)17-31-24(30)26(12-5-6-13-26)20-9-7-19(8-10-20)25(2,3)4/h7-11,14-16H,5-6,12-13,17H2,1-4H3. The van der Waals surface area contributed by atoms with Gasteiger partial charge in [-0.3, -0.25) is 14.0 Å². The van der Waals surface area contributed by atoms with E-state index in [1.54, 1.807) is 6.20 Å². The van der Waals surface area contributed by atoms with Crippen molar-refractivity contribution in [2.75, 3.05) is 0 Å². The summed E-state index contributed by atoms with van der Waals surface area (Å²) in [5.41, 5.74) is 3.59. The largest absolute Gasteiger partial charge is 0.458 e. The van der Waals surface area contributed by atoms with Gasteiger partial charge in [-0.15, -0.1) is 0 Å². The molecular weight excluding hydrogens is 388 g/mol. The molecule has 3 aromatic rings. The van der Waals surface area contributed by atoms with E-state index in [2.05, 4.69) is 50.0 Å². The van der Waals surface area contributed by atoms with Crippen molar-refractivity contribution in [3.05, 3.63) is 81.4 Å². The third-order valence-electron chi connectivity index (χ3n) is 6.38. The number of esters is 1. The van der Waals surface area contributed by atoms with E-state index >= 15 is 0 Å². The summed E-state index contributed by atoms with van der Waals surface area (Å²) in [7, 11) is 0. The van der Waals surface area contributed by atoms with Gasteiger partial charge in [0.25, 0.3) is 5.56 Å². The van der Waals surface area contributed by atoms with Crippen LogP contribution in [-0.4, -0.2) is 15.4 Å². The van der Waals surface area contributed by atoms with Crippen LogP contribution < -0.4 is 5.56 Å². The van der Waals surface area contributed by atoms with Gasteiger partial charge in [0.1, 0.15) is 12.3 Å². The van der Waals surface area contributed by atoms with Crippen LogP contribution in [0.1, 0.15) is 68.8 Å². The molecule has 0 amide bonds. The van der Waals surface area contributed by atoms with Crippen molar-refractivity contribution in [2.45, 2.75) is 70.8 Å². The van der Waals surface area contributed by atoms with E-state index in [1.165, 1.54) is 16.0 Å². The summed E-state index contributed by atoms with van der Waals surface area (Å²) in [5.74, 6) is -0.222. The molecule has 2 heterocycles. The van der Waals surface area contributed by atoms with Crippen molar-refractivity contribution in [1.29, 1.82) is 0 Å². The Morgan fingerprint density at radius 3 is 2.42 bits per heavy atom. The summed E-state index contributed by atoms with van der Waals surface area (Å²) >= 11 is 0. The maximum atomic E-state index is 13.3. The second-order valence-electron chi connectivity index (χ2n) is 9.71. The number of carbonyl (C=O) groups is 1. The Bertz CT molecular complexity index is 1160. The molecule has 31 heavy (non-hydrogen) atoms. The Kier molecular flexibility index (Phi) is 5.46. The van der Waals surface area contributed by atoms with Crippen LogP contribution in [0.5, 0.6) is 0 Å². The van der Waals surface area contributed by atoms with E-state index in [0.717, 1.165) is 36.8 Å². The molecule has 0 saturated heterocycles. The Balaban J connectivity index is 1.57. The molecule has 1 saturated carbocycles. The summed E-state index contributed by atoms with van der Waals surface area (Å²) in [6, 6.07) is 13.6.